The topological polar surface area (TPSA) is 65.4 Å². The Morgan fingerprint density at radius 2 is 2.38 bits per heavy atom. The van der Waals surface area contributed by atoms with Gasteiger partial charge in [-0.3, -0.25) is 5.10 Å². The van der Waals surface area contributed by atoms with Crippen molar-refractivity contribution in [2.45, 2.75) is 10.9 Å². The van der Waals surface area contributed by atoms with Crippen molar-refractivity contribution in [3.05, 3.63) is 41.5 Å². The molecule has 1 aromatic heterocycles. The molecule has 80 valence electrons. The molecule has 0 bridgehead atoms. The van der Waals surface area contributed by atoms with Crippen LogP contribution in [0.25, 0.3) is 0 Å². The van der Waals surface area contributed by atoms with Crippen molar-refractivity contribution in [3.63, 3.8) is 0 Å². The number of aromatic nitrogens is 3. The molecule has 16 heavy (non-hydrogen) atoms. The van der Waals surface area contributed by atoms with Gasteiger partial charge in [0.15, 0.2) is 5.16 Å². The number of aromatic amines is 1. The van der Waals surface area contributed by atoms with E-state index >= 15 is 0 Å². The molecule has 0 radical (unpaired) electrons. The van der Waals surface area contributed by atoms with Gasteiger partial charge in [0, 0.05) is 5.75 Å². The van der Waals surface area contributed by atoms with Crippen LogP contribution < -0.4 is 0 Å². The Bertz CT molecular complexity index is 518. The zero-order chi connectivity index (χ0) is 11.4. The van der Waals surface area contributed by atoms with E-state index in [1.54, 1.807) is 12.1 Å². The van der Waals surface area contributed by atoms with Gasteiger partial charge in [-0.15, -0.1) is 0 Å². The zero-order valence-corrected chi connectivity index (χ0v) is 8.96. The average Bonchev–Trinajstić information content (AvgIpc) is 2.81. The molecule has 0 unspecified atom stereocenters. The highest BCUT2D eigenvalue weighted by Gasteiger charge is 2.04. The number of thioether (sulfide) groups is 1. The summed E-state index contributed by atoms with van der Waals surface area (Å²) in [5.74, 6) is 0.125. The van der Waals surface area contributed by atoms with Crippen LogP contribution in [0, 0.1) is 17.1 Å². The molecule has 0 aliphatic carbocycles. The number of halogens is 1. The third-order valence-corrected chi connectivity index (χ3v) is 2.87. The summed E-state index contributed by atoms with van der Waals surface area (Å²) in [5, 5.41) is 15.8. The van der Waals surface area contributed by atoms with E-state index in [1.165, 1.54) is 24.2 Å². The fraction of sp³-hybridized carbons (Fsp3) is 0.100. The summed E-state index contributed by atoms with van der Waals surface area (Å²) in [6, 6.07) is 6.30. The second kappa shape index (κ2) is 4.77. The molecule has 0 amide bonds. The Balaban J connectivity index is 2.08. The number of nitrogens with zero attached hydrogens (tertiary/aromatic N) is 3. The van der Waals surface area contributed by atoms with Gasteiger partial charge in [0.25, 0.3) is 0 Å². The van der Waals surface area contributed by atoms with Crippen molar-refractivity contribution in [2.75, 3.05) is 0 Å². The minimum Gasteiger partial charge on any atom is -0.254 e. The van der Waals surface area contributed by atoms with E-state index in [0.29, 0.717) is 10.9 Å². The fourth-order valence-corrected chi connectivity index (χ4v) is 1.89. The van der Waals surface area contributed by atoms with Crippen LogP contribution in [0.5, 0.6) is 0 Å². The Kier molecular flexibility index (Phi) is 3.17. The first-order valence-corrected chi connectivity index (χ1v) is 5.45. The Morgan fingerprint density at radius 1 is 1.50 bits per heavy atom. The normalized spacial score (nSPS) is 10.0. The molecule has 0 saturated heterocycles. The number of hydrogen-bond acceptors (Lipinski definition) is 4. The number of hydrogen-bond donors (Lipinski definition) is 1. The Labute approximate surface area is 95.5 Å². The summed E-state index contributed by atoms with van der Waals surface area (Å²) in [6.07, 6.45) is 1.42. The first-order valence-electron chi connectivity index (χ1n) is 4.46. The third kappa shape index (κ3) is 2.38. The maximum absolute atomic E-state index is 13.0. The highest BCUT2D eigenvalue weighted by Crippen LogP contribution is 2.19. The molecule has 0 spiro atoms. The molecule has 0 aliphatic rings. The summed E-state index contributed by atoms with van der Waals surface area (Å²) < 4.78 is 13.0. The second-order valence-corrected chi connectivity index (χ2v) is 3.97. The SMILES string of the molecule is N#Cc1cc(CSc2ncn[nH]2)ccc1F. The third-order valence-electron chi connectivity index (χ3n) is 1.92. The highest BCUT2D eigenvalue weighted by molar-refractivity contribution is 7.98. The maximum atomic E-state index is 13.0. The van der Waals surface area contributed by atoms with E-state index in [2.05, 4.69) is 15.2 Å². The molecule has 4 nitrogen and oxygen atoms in total. The van der Waals surface area contributed by atoms with E-state index < -0.39 is 5.82 Å². The molecule has 2 rings (SSSR count). The number of nitriles is 1. The Hall–Kier alpha value is -1.87. The van der Waals surface area contributed by atoms with Crippen molar-refractivity contribution in [3.8, 4) is 6.07 Å². The molecule has 0 aliphatic heterocycles. The molecule has 6 heteroatoms. The first kappa shape index (κ1) is 10.6. The van der Waals surface area contributed by atoms with E-state index in [1.807, 2.05) is 6.07 Å². The van der Waals surface area contributed by atoms with Crippen LogP contribution >= 0.6 is 11.8 Å². The number of nitrogens with one attached hydrogen (secondary N) is 1. The molecule has 1 aromatic carbocycles. The number of rotatable bonds is 3. The molecule has 0 saturated carbocycles. The van der Waals surface area contributed by atoms with Crippen LogP contribution in [0.4, 0.5) is 4.39 Å². The second-order valence-electron chi connectivity index (χ2n) is 3.01. The fourth-order valence-electron chi connectivity index (χ4n) is 1.16. The molecular formula is C10H7FN4S. The lowest BCUT2D eigenvalue weighted by Crippen LogP contribution is -1.88. The van der Waals surface area contributed by atoms with Gasteiger partial charge in [-0.1, -0.05) is 17.8 Å². The minimum absolute atomic E-state index is 0.0654. The van der Waals surface area contributed by atoms with E-state index in [9.17, 15) is 4.39 Å². The lowest BCUT2D eigenvalue weighted by atomic mass is 10.1. The van der Waals surface area contributed by atoms with Crippen molar-refractivity contribution >= 4 is 11.8 Å². The van der Waals surface area contributed by atoms with Crippen LogP contribution in [0.2, 0.25) is 0 Å². The number of benzene rings is 1. The molecular weight excluding hydrogens is 227 g/mol. The molecule has 0 fully saturated rings. The average molecular weight is 234 g/mol. The van der Waals surface area contributed by atoms with Crippen molar-refractivity contribution in [2.24, 2.45) is 0 Å². The lowest BCUT2D eigenvalue weighted by molar-refractivity contribution is 0.623. The Morgan fingerprint density at radius 3 is 3.06 bits per heavy atom. The van der Waals surface area contributed by atoms with Crippen LogP contribution in [0.3, 0.4) is 0 Å². The van der Waals surface area contributed by atoms with Gasteiger partial charge in [-0.2, -0.15) is 10.4 Å². The van der Waals surface area contributed by atoms with E-state index in [4.69, 9.17) is 5.26 Å². The smallest absolute Gasteiger partial charge is 0.183 e. The van der Waals surface area contributed by atoms with Gasteiger partial charge >= 0.3 is 0 Å². The summed E-state index contributed by atoms with van der Waals surface area (Å²) in [4.78, 5) is 3.95. The van der Waals surface area contributed by atoms with Gasteiger partial charge in [0.1, 0.15) is 18.2 Å². The summed E-state index contributed by atoms with van der Waals surface area (Å²) in [6.45, 7) is 0. The minimum atomic E-state index is -0.490. The van der Waals surface area contributed by atoms with Crippen molar-refractivity contribution < 1.29 is 4.39 Å². The summed E-state index contributed by atoms with van der Waals surface area (Å²) in [7, 11) is 0. The van der Waals surface area contributed by atoms with Gasteiger partial charge in [0.05, 0.1) is 5.56 Å². The van der Waals surface area contributed by atoms with Crippen LogP contribution in [-0.4, -0.2) is 15.2 Å². The summed E-state index contributed by atoms with van der Waals surface area (Å²) >= 11 is 1.44. The van der Waals surface area contributed by atoms with Crippen molar-refractivity contribution in [1.29, 1.82) is 5.26 Å². The maximum Gasteiger partial charge on any atom is 0.183 e. The molecule has 0 atom stereocenters. The van der Waals surface area contributed by atoms with Crippen LogP contribution in [0.1, 0.15) is 11.1 Å². The predicted octanol–water partition coefficient (Wildman–Crippen LogP) is 2.11. The van der Waals surface area contributed by atoms with Gasteiger partial charge in [-0.05, 0) is 17.7 Å². The van der Waals surface area contributed by atoms with Crippen molar-refractivity contribution in [1.82, 2.24) is 15.2 Å². The van der Waals surface area contributed by atoms with E-state index in [0.717, 1.165) is 5.56 Å². The first-order chi connectivity index (χ1) is 7.79. The standard InChI is InChI=1S/C10H7FN4S/c11-9-2-1-7(3-8(9)4-12)5-16-10-13-6-14-15-10/h1-3,6H,5H2,(H,13,14,15). The van der Waals surface area contributed by atoms with E-state index in [-0.39, 0.29) is 5.56 Å². The number of H-pyrrole nitrogens is 1. The lowest BCUT2D eigenvalue weighted by Gasteiger charge is -2.00. The van der Waals surface area contributed by atoms with Gasteiger partial charge < -0.3 is 0 Å². The van der Waals surface area contributed by atoms with Gasteiger partial charge in [0.2, 0.25) is 0 Å². The predicted molar refractivity (Wildman–Crippen MR) is 57.1 cm³/mol. The zero-order valence-electron chi connectivity index (χ0n) is 8.14. The van der Waals surface area contributed by atoms with Gasteiger partial charge in [-0.25, -0.2) is 9.37 Å². The monoisotopic (exact) mass is 234 g/mol. The highest BCUT2D eigenvalue weighted by atomic mass is 32.2. The largest absolute Gasteiger partial charge is 0.254 e. The quantitative estimate of drug-likeness (QED) is 0.826. The molecule has 1 heterocycles. The van der Waals surface area contributed by atoms with Crippen LogP contribution in [-0.2, 0) is 5.75 Å². The molecule has 2 aromatic rings. The molecule has 1 N–H and O–H groups in total. The van der Waals surface area contributed by atoms with Crippen LogP contribution in [0.15, 0.2) is 29.7 Å². The summed E-state index contributed by atoms with van der Waals surface area (Å²) in [5.41, 5.74) is 0.940.